The third kappa shape index (κ3) is 10.2. The first-order valence-corrected chi connectivity index (χ1v) is 14.4. The highest BCUT2D eigenvalue weighted by Crippen LogP contribution is 2.24. The summed E-state index contributed by atoms with van der Waals surface area (Å²) in [6.45, 7) is 6.98. The summed E-state index contributed by atoms with van der Waals surface area (Å²) in [7, 11) is 0. The lowest BCUT2D eigenvalue weighted by Crippen LogP contribution is -2.15. The first-order valence-electron chi connectivity index (χ1n) is 14.4. The zero-order valence-electron chi connectivity index (χ0n) is 23.6. The Kier molecular flexibility index (Phi) is 12.6. The van der Waals surface area contributed by atoms with E-state index in [0.717, 1.165) is 49.2 Å². The third-order valence-electron chi connectivity index (χ3n) is 6.65. The average molecular weight is 531 g/mol. The second-order valence-corrected chi connectivity index (χ2v) is 9.99. The van der Waals surface area contributed by atoms with Gasteiger partial charge in [-0.15, -0.1) is 0 Å². The van der Waals surface area contributed by atoms with Crippen LogP contribution in [0.5, 0.6) is 11.5 Å². The molecule has 5 nitrogen and oxygen atoms in total. The van der Waals surface area contributed by atoms with Crippen LogP contribution in [0, 0.1) is 0 Å². The molecule has 3 aromatic carbocycles. The normalized spacial score (nSPS) is 11.6. The van der Waals surface area contributed by atoms with E-state index < -0.39 is 5.97 Å². The third-order valence-corrected chi connectivity index (χ3v) is 6.65. The molecule has 0 saturated heterocycles. The summed E-state index contributed by atoms with van der Waals surface area (Å²) < 4.78 is 16.8. The monoisotopic (exact) mass is 530 g/mol. The van der Waals surface area contributed by atoms with Gasteiger partial charge in [0.2, 0.25) is 0 Å². The van der Waals surface area contributed by atoms with Gasteiger partial charge < -0.3 is 14.2 Å². The van der Waals surface area contributed by atoms with Crippen molar-refractivity contribution in [3.05, 3.63) is 83.9 Å². The van der Waals surface area contributed by atoms with Crippen molar-refractivity contribution in [3.8, 4) is 22.6 Å². The smallest absolute Gasteiger partial charge is 0.343 e. The van der Waals surface area contributed by atoms with Crippen LogP contribution in [0.2, 0.25) is 0 Å². The molecule has 5 heteroatoms. The minimum Gasteiger partial charge on any atom is -0.494 e. The van der Waals surface area contributed by atoms with Gasteiger partial charge in [-0.1, -0.05) is 83.1 Å². The first-order chi connectivity index (χ1) is 19.0. The molecule has 0 bridgehead atoms. The molecule has 3 rings (SSSR count). The van der Waals surface area contributed by atoms with Crippen molar-refractivity contribution in [1.29, 1.82) is 0 Å². The van der Waals surface area contributed by atoms with Gasteiger partial charge in [-0.3, -0.25) is 0 Å². The van der Waals surface area contributed by atoms with Gasteiger partial charge in [0.25, 0.3) is 0 Å². The minimum absolute atomic E-state index is 0.126. The topological polar surface area (TPSA) is 61.8 Å². The maximum Gasteiger partial charge on any atom is 0.343 e. The van der Waals surface area contributed by atoms with Crippen LogP contribution < -0.4 is 9.47 Å². The highest BCUT2D eigenvalue weighted by Gasteiger charge is 2.13. The molecular formula is C34H42O5. The van der Waals surface area contributed by atoms with Crippen LogP contribution in [0.4, 0.5) is 0 Å². The molecule has 0 aliphatic rings. The van der Waals surface area contributed by atoms with Crippen molar-refractivity contribution in [2.24, 2.45) is 0 Å². The lowest BCUT2D eigenvalue weighted by molar-refractivity contribution is 0.0320. The van der Waals surface area contributed by atoms with E-state index in [1.807, 2.05) is 43.3 Å². The molecular weight excluding hydrogens is 488 g/mol. The molecule has 1 unspecified atom stereocenters. The number of rotatable bonds is 16. The van der Waals surface area contributed by atoms with Crippen molar-refractivity contribution >= 4 is 11.9 Å². The van der Waals surface area contributed by atoms with Crippen molar-refractivity contribution in [2.45, 2.75) is 84.7 Å². The Labute approximate surface area is 233 Å². The molecule has 39 heavy (non-hydrogen) atoms. The van der Waals surface area contributed by atoms with Crippen molar-refractivity contribution in [2.75, 3.05) is 6.61 Å². The number of benzene rings is 3. The number of carbonyl (C=O) groups excluding carboxylic acids is 2. The number of carbonyl (C=O) groups is 2. The predicted molar refractivity (Wildman–Crippen MR) is 157 cm³/mol. The summed E-state index contributed by atoms with van der Waals surface area (Å²) in [5.74, 6) is 0.418. The predicted octanol–water partition coefficient (Wildman–Crippen LogP) is 9.05. The Morgan fingerprint density at radius 3 is 1.77 bits per heavy atom. The van der Waals surface area contributed by atoms with Crippen molar-refractivity contribution in [3.63, 3.8) is 0 Å². The zero-order chi connectivity index (χ0) is 27.9. The molecule has 0 aliphatic heterocycles. The zero-order valence-corrected chi connectivity index (χ0v) is 23.6. The quantitative estimate of drug-likeness (QED) is 0.105. The fourth-order valence-corrected chi connectivity index (χ4v) is 4.24. The molecule has 208 valence electrons. The van der Waals surface area contributed by atoms with E-state index in [0.29, 0.717) is 16.9 Å². The lowest BCUT2D eigenvalue weighted by atomic mass is 10.0. The Bertz CT molecular complexity index is 1130. The number of hydrogen-bond donors (Lipinski definition) is 0. The highest BCUT2D eigenvalue weighted by molar-refractivity contribution is 5.92. The molecule has 0 aliphatic carbocycles. The summed E-state index contributed by atoms with van der Waals surface area (Å²) in [5, 5.41) is 0. The van der Waals surface area contributed by atoms with E-state index in [1.54, 1.807) is 36.4 Å². The Morgan fingerprint density at radius 1 is 0.615 bits per heavy atom. The van der Waals surface area contributed by atoms with Crippen LogP contribution in [0.15, 0.2) is 72.8 Å². The van der Waals surface area contributed by atoms with Gasteiger partial charge in [0, 0.05) is 0 Å². The summed E-state index contributed by atoms with van der Waals surface area (Å²) in [6.07, 6.45) is 10.3. The maximum absolute atomic E-state index is 12.6. The molecule has 3 aromatic rings. The SMILES string of the molecule is CCCCCCCCOc1ccc(-c2ccc(C(=O)Oc3ccc(C(=O)OC(C)CCCC)cc3)cc2)cc1. The molecule has 0 amide bonds. The van der Waals surface area contributed by atoms with E-state index in [4.69, 9.17) is 14.2 Å². The molecule has 0 heterocycles. The van der Waals surface area contributed by atoms with E-state index in [1.165, 1.54) is 32.1 Å². The second kappa shape index (κ2) is 16.4. The molecule has 1 atom stereocenters. The second-order valence-electron chi connectivity index (χ2n) is 9.99. The average Bonchev–Trinajstić information content (AvgIpc) is 2.96. The van der Waals surface area contributed by atoms with Gasteiger partial charge in [-0.05, 0) is 79.4 Å². The molecule has 0 fully saturated rings. The van der Waals surface area contributed by atoms with E-state index in [-0.39, 0.29) is 12.1 Å². The Hall–Kier alpha value is -3.60. The van der Waals surface area contributed by atoms with Crippen molar-refractivity contribution < 1.29 is 23.8 Å². The van der Waals surface area contributed by atoms with Gasteiger partial charge in [-0.2, -0.15) is 0 Å². The molecule has 0 aromatic heterocycles. The van der Waals surface area contributed by atoms with Crippen molar-refractivity contribution in [1.82, 2.24) is 0 Å². The van der Waals surface area contributed by atoms with Gasteiger partial charge in [-0.25, -0.2) is 9.59 Å². The highest BCUT2D eigenvalue weighted by atomic mass is 16.5. The standard InChI is InChI=1S/C34H42O5/c1-4-6-8-9-10-11-25-37-31-21-17-28(18-22-31)27-13-15-29(16-14-27)34(36)39-32-23-19-30(20-24-32)33(35)38-26(3)12-7-5-2/h13-24,26H,4-12,25H2,1-3H3. The van der Waals surface area contributed by atoms with Crippen LogP contribution >= 0.6 is 0 Å². The first kappa shape index (κ1) is 29.9. The number of esters is 2. The van der Waals surface area contributed by atoms with Crippen LogP contribution in [0.25, 0.3) is 11.1 Å². The number of ether oxygens (including phenoxy) is 3. The molecule has 0 radical (unpaired) electrons. The summed E-state index contributed by atoms with van der Waals surface area (Å²) in [4.78, 5) is 24.9. The lowest BCUT2D eigenvalue weighted by Gasteiger charge is -2.13. The van der Waals surface area contributed by atoms with Gasteiger partial charge in [0.1, 0.15) is 11.5 Å². The fourth-order valence-electron chi connectivity index (χ4n) is 4.24. The Balaban J connectivity index is 1.47. The summed E-state index contributed by atoms with van der Waals surface area (Å²) in [5.41, 5.74) is 2.94. The minimum atomic E-state index is -0.455. The van der Waals surface area contributed by atoms with E-state index in [2.05, 4.69) is 13.8 Å². The number of hydrogen-bond acceptors (Lipinski definition) is 5. The maximum atomic E-state index is 12.6. The molecule has 0 N–H and O–H groups in total. The van der Waals surface area contributed by atoms with Gasteiger partial charge in [0.05, 0.1) is 23.8 Å². The molecule has 0 spiro atoms. The summed E-state index contributed by atoms with van der Waals surface area (Å²) in [6, 6.07) is 21.8. The van der Waals surface area contributed by atoms with Gasteiger partial charge in [0.15, 0.2) is 0 Å². The fraction of sp³-hybridized carbons (Fsp3) is 0.412. The molecule has 0 saturated carbocycles. The van der Waals surface area contributed by atoms with Crippen LogP contribution in [0.1, 0.15) is 99.3 Å². The van der Waals surface area contributed by atoms with Gasteiger partial charge >= 0.3 is 11.9 Å². The largest absolute Gasteiger partial charge is 0.494 e. The van der Waals surface area contributed by atoms with E-state index in [9.17, 15) is 9.59 Å². The summed E-state index contributed by atoms with van der Waals surface area (Å²) >= 11 is 0. The van der Waals surface area contributed by atoms with Crippen LogP contribution in [-0.2, 0) is 4.74 Å². The Morgan fingerprint density at radius 2 is 1.13 bits per heavy atom. The number of unbranched alkanes of at least 4 members (excludes halogenated alkanes) is 6. The van der Waals surface area contributed by atoms with Crippen LogP contribution in [0.3, 0.4) is 0 Å². The van der Waals surface area contributed by atoms with E-state index >= 15 is 0 Å². The van der Waals surface area contributed by atoms with Crippen LogP contribution in [-0.4, -0.2) is 24.6 Å².